The van der Waals surface area contributed by atoms with Gasteiger partial charge in [-0.2, -0.15) is 0 Å². The fourth-order valence-corrected chi connectivity index (χ4v) is 5.22. The summed E-state index contributed by atoms with van der Waals surface area (Å²) in [5, 5.41) is 0. The third-order valence-electron chi connectivity index (χ3n) is 6.16. The summed E-state index contributed by atoms with van der Waals surface area (Å²) in [5.41, 5.74) is 0.841. The molecule has 3 aromatic carbocycles. The number of benzene rings is 3. The molecule has 1 saturated heterocycles. The monoisotopic (exact) mass is 564 g/mol. The van der Waals surface area contributed by atoms with Crippen LogP contribution in [0, 0.1) is 0 Å². The standard InChI is InChI=1S/C31H32O8S/c1-3-40-31-28(39-30(34)24-17-11-6-12-18-24)27(38-29(33)23-15-9-5-10-16-23)26(25(37-31)20-35-21(2)32)36-19-22-13-7-4-8-14-22/h4-18,25-28,31H,3,19-20H2,1-2H3/t25-,26-,27+,28-,31+/m1/s1. The van der Waals surface area contributed by atoms with Gasteiger partial charge in [0.05, 0.1) is 17.7 Å². The lowest BCUT2D eigenvalue weighted by molar-refractivity contribution is -0.226. The van der Waals surface area contributed by atoms with E-state index in [-0.39, 0.29) is 13.2 Å². The van der Waals surface area contributed by atoms with Crippen molar-refractivity contribution in [1.29, 1.82) is 0 Å². The first-order chi connectivity index (χ1) is 19.5. The Hall–Kier alpha value is -3.66. The van der Waals surface area contributed by atoms with Crippen LogP contribution >= 0.6 is 11.8 Å². The van der Waals surface area contributed by atoms with Gasteiger partial charge in [0.25, 0.3) is 0 Å². The van der Waals surface area contributed by atoms with Crippen LogP contribution in [0.1, 0.15) is 40.1 Å². The number of hydrogen-bond acceptors (Lipinski definition) is 9. The van der Waals surface area contributed by atoms with Crippen molar-refractivity contribution in [2.75, 3.05) is 12.4 Å². The van der Waals surface area contributed by atoms with Gasteiger partial charge >= 0.3 is 17.9 Å². The van der Waals surface area contributed by atoms with Crippen LogP contribution in [0.2, 0.25) is 0 Å². The normalized spacial score (nSPS) is 22.2. The topological polar surface area (TPSA) is 97.4 Å². The van der Waals surface area contributed by atoms with Gasteiger partial charge in [0.15, 0.2) is 12.2 Å². The molecule has 1 aliphatic rings. The number of rotatable bonds is 11. The summed E-state index contributed by atoms with van der Waals surface area (Å²) < 4.78 is 30.0. The van der Waals surface area contributed by atoms with Crippen LogP contribution in [0.3, 0.4) is 0 Å². The molecule has 8 nitrogen and oxygen atoms in total. The van der Waals surface area contributed by atoms with Crippen molar-refractivity contribution in [3.05, 3.63) is 108 Å². The predicted octanol–water partition coefficient (Wildman–Crippen LogP) is 5.06. The second kappa shape index (κ2) is 14.6. The fourth-order valence-electron chi connectivity index (χ4n) is 4.27. The Morgan fingerprint density at radius 3 is 1.80 bits per heavy atom. The van der Waals surface area contributed by atoms with Crippen molar-refractivity contribution < 1.29 is 38.1 Å². The summed E-state index contributed by atoms with van der Waals surface area (Å²) in [7, 11) is 0. The largest absolute Gasteiger partial charge is 0.463 e. The average Bonchev–Trinajstić information content (AvgIpc) is 2.98. The molecule has 0 aromatic heterocycles. The summed E-state index contributed by atoms with van der Waals surface area (Å²) >= 11 is 1.39. The lowest BCUT2D eigenvalue weighted by Gasteiger charge is -2.44. The zero-order valence-electron chi connectivity index (χ0n) is 22.3. The predicted molar refractivity (Wildman–Crippen MR) is 150 cm³/mol. The van der Waals surface area contributed by atoms with E-state index in [9.17, 15) is 14.4 Å². The highest BCUT2D eigenvalue weighted by Gasteiger charge is 2.51. The maximum atomic E-state index is 13.3. The van der Waals surface area contributed by atoms with E-state index in [4.69, 9.17) is 23.7 Å². The molecule has 9 heteroatoms. The third kappa shape index (κ3) is 7.94. The molecule has 40 heavy (non-hydrogen) atoms. The van der Waals surface area contributed by atoms with Gasteiger partial charge in [0.2, 0.25) is 0 Å². The number of ether oxygens (including phenoxy) is 5. The molecule has 3 aromatic rings. The molecule has 0 aliphatic carbocycles. The minimum Gasteiger partial charge on any atom is -0.463 e. The van der Waals surface area contributed by atoms with Crippen LogP contribution in [0.5, 0.6) is 0 Å². The molecule has 0 radical (unpaired) electrons. The van der Waals surface area contributed by atoms with Crippen LogP contribution in [-0.2, 0) is 35.1 Å². The van der Waals surface area contributed by atoms with Crippen LogP contribution in [0.15, 0.2) is 91.0 Å². The van der Waals surface area contributed by atoms with E-state index in [1.807, 2.05) is 37.3 Å². The first-order valence-corrected chi connectivity index (χ1v) is 14.1. The van der Waals surface area contributed by atoms with Gasteiger partial charge in [-0.25, -0.2) is 9.59 Å². The van der Waals surface area contributed by atoms with Crippen molar-refractivity contribution in [1.82, 2.24) is 0 Å². The van der Waals surface area contributed by atoms with E-state index in [0.717, 1.165) is 5.56 Å². The minimum atomic E-state index is -1.07. The summed E-state index contributed by atoms with van der Waals surface area (Å²) in [4.78, 5) is 38.2. The first kappa shape index (κ1) is 29.3. The maximum absolute atomic E-state index is 13.3. The van der Waals surface area contributed by atoms with Crippen molar-refractivity contribution in [3.63, 3.8) is 0 Å². The van der Waals surface area contributed by atoms with E-state index in [1.165, 1.54) is 18.7 Å². The second-order valence-electron chi connectivity index (χ2n) is 9.03. The van der Waals surface area contributed by atoms with Crippen molar-refractivity contribution in [3.8, 4) is 0 Å². The maximum Gasteiger partial charge on any atom is 0.338 e. The minimum absolute atomic E-state index is 0.131. The molecule has 1 fully saturated rings. The van der Waals surface area contributed by atoms with Crippen molar-refractivity contribution >= 4 is 29.7 Å². The number of esters is 3. The van der Waals surface area contributed by atoms with Gasteiger partial charge in [0.1, 0.15) is 24.3 Å². The number of carbonyl (C=O) groups is 3. The molecule has 5 atom stereocenters. The van der Waals surface area contributed by atoms with E-state index < -0.39 is 47.8 Å². The molecule has 0 spiro atoms. The zero-order valence-corrected chi connectivity index (χ0v) is 23.2. The molecule has 1 heterocycles. The van der Waals surface area contributed by atoms with Gasteiger partial charge in [-0.15, -0.1) is 11.8 Å². The molecule has 0 bridgehead atoms. The second-order valence-corrected chi connectivity index (χ2v) is 10.4. The van der Waals surface area contributed by atoms with Gasteiger partial charge in [-0.05, 0) is 35.6 Å². The molecule has 0 saturated carbocycles. The van der Waals surface area contributed by atoms with Crippen molar-refractivity contribution in [2.24, 2.45) is 0 Å². The fraction of sp³-hybridized carbons (Fsp3) is 0.323. The summed E-state index contributed by atoms with van der Waals surface area (Å²) in [5.74, 6) is -1.05. The van der Waals surface area contributed by atoms with Gasteiger partial charge in [0, 0.05) is 6.92 Å². The summed E-state index contributed by atoms with van der Waals surface area (Å²) in [6.07, 6.45) is -3.80. The summed E-state index contributed by atoms with van der Waals surface area (Å²) in [6.45, 7) is 3.27. The average molecular weight is 565 g/mol. The van der Waals surface area contributed by atoms with Crippen LogP contribution in [-0.4, -0.2) is 60.1 Å². The molecule has 0 N–H and O–H groups in total. The molecule has 210 valence electrons. The Morgan fingerprint density at radius 2 is 1.27 bits per heavy atom. The highest BCUT2D eigenvalue weighted by atomic mass is 32.2. The smallest absolute Gasteiger partial charge is 0.338 e. The van der Waals surface area contributed by atoms with Gasteiger partial charge < -0.3 is 23.7 Å². The number of hydrogen-bond donors (Lipinski definition) is 0. The van der Waals surface area contributed by atoms with E-state index in [2.05, 4.69) is 0 Å². The zero-order chi connectivity index (χ0) is 28.3. The quantitative estimate of drug-likeness (QED) is 0.234. The Labute approximate surface area is 237 Å². The van der Waals surface area contributed by atoms with E-state index >= 15 is 0 Å². The lowest BCUT2D eigenvalue weighted by Crippen LogP contribution is -2.61. The van der Waals surface area contributed by atoms with Gasteiger partial charge in [-0.3, -0.25) is 4.79 Å². The Bertz CT molecular complexity index is 1240. The van der Waals surface area contributed by atoms with Crippen LogP contribution < -0.4 is 0 Å². The Balaban J connectivity index is 1.70. The molecule has 4 rings (SSSR count). The molecule has 0 amide bonds. The molecular formula is C31H32O8S. The highest BCUT2D eigenvalue weighted by Crippen LogP contribution is 2.35. The van der Waals surface area contributed by atoms with E-state index in [1.54, 1.807) is 60.7 Å². The van der Waals surface area contributed by atoms with Crippen molar-refractivity contribution in [2.45, 2.75) is 50.3 Å². The van der Waals surface area contributed by atoms with Crippen LogP contribution in [0.25, 0.3) is 0 Å². The first-order valence-electron chi connectivity index (χ1n) is 13.0. The highest BCUT2D eigenvalue weighted by molar-refractivity contribution is 7.99. The lowest BCUT2D eigenvalue weighted by atomic mass is 9.98. The summed E-state index contributed by atoms with van der Waals surface area (Å²) in [6, 6.07) is 26.6. The van der Waals surface area contributed by atoms with Crippen LogP contribution in [0.4, 0.5) is 0 Å². The molecular weight excluding hydrogens is 532 g/mol. The number of thioether (sulfide) groups is 1. The Morgan fingerprint density at radius 1 is 0.750 bits per heavy atom. The SMILES string of the molecule is CCS[C@@H]1O[C@H](COC(C)=O)[C@@H](OCc2ccccc2)[C@H](OC(=O)c2ccccc2)[C@H]1OC(=O)c1ccccc1. The number of carbonyl (C=O) groups excluding carboxylic acids is 3. The van der Waals surface area contributed by atoms with Gasteiger partial charge in [-0.1, -0.05) is 73.7 Å². The molecule has 1 aliphatic heterocycles. The third-order valence-corrected chi connectivity index (χ3v) is 7.20. The van der Waals surface area contributed by atoms with E-state index in [0.29, 0.717) is 16.9 Å². The Kier molecular flexibility index (Phi) is 10.7. The molecule has 0 unspecified atom stereocenters.